The average molecular weight is 459 g/mol. The highest BCUT2D eigenvalue weighted by molar-refractivity contribution is 6.11. The maximum atomic E-state index is 14.3. The third-order valence-electron chi connectivity index (χ3n) is 7.06. The highest BCUT2D eigenvalue weighted by Crippen LogP contribution is 2.53. The van der Waals surface area contributed by atoms with Crippen LogP contribution in [-0.4, -0.2) is 22.6 Å². The molecule has 0 saturated carbocycles. The molecule has 4 aromatic carbocycles. The fraction of sp³-hybridized carbons (Fsp3) is 0.103. The number of nitrogens with zero attached hydrogens (tertiary/aromatic N) is 3. The molecule has 0 radical (unpaired) electrons. The largest absolute Gasteiger partial charge is 0.497 e. The molecular weight excluding hydrogens is 436 g/mol. The summed E-state index contributed by atoms with van der Waals surface area (Å²) >= 11 is 0. The molecule has 3 heterocycles. The molecule has 0 unspecified atom stereocenters. The summed E-state index contributed by atoms with van der Waals surface area (Å²) in [6.07, 6.45) is 0. The lowest BCUT2D eigenvalue weighted by molar-refractivity contribution is -0.121. The minimum atomic E-state index is -1.18. The van der Waals surface area contributed by atoms with Gasteiger partial charge in [0.2, 0.25) is 5.66 Å². The van der Waals surface area contributed by atoms with Crippen molar-refractivity contribution >= 4 is 28.3 Å². The van der Waals surface area contributed by atoms with E-state index < -0.39 is 5.66 Å². The van der Waals surface area contributed by atoms with E-state index in [1.54, 1.807) is 7.11 Å². The molecule has 1 amide bonds. The molecule has 0 saturated heterocycles. The Morgan fingerprint density at radius 2 is 1.69 bits per heavy atom. The lowest BCUT2D eigenvalue weighted by atomic mass is 9.91. The highest BCUT2D eigenvalue weighted by Gasteiger charge is 2.57. The molecule has 0 bridgehead atoms. The Kier molecular flexibility index (Phi) is 4.09. The van der Waals surface area contributed by atoms with Crippen molar-refractivity contribution in [3.05, 3.63) is 108 Å². The van der Waals surface area contributed by atoms with E-state index in [4.69, 9.17) is 9.72 Å². The number of carbonyl (C=O) groups excluding carboxylic acids is 1. The summed E-state index contributed by atoms with van der Waals surface area (Å²) in [6, 6.07) is 32.2. The van der Waals surface area contributed by atoms with Gasteiger partial charge in [-0.1, -0.05) is 54.6 Å². The second kappa shape index (κ2) is 7.21. The summed E-state index contributed by atoms with van der Waals surface area (Å²) in [5.41, 5.74) is 5.26. The van der Waals surface area contributed by atoms with E-state index in [1.807, 2.05) is 72.8 Å². The van der Waals surface area contributed by atoms with Crippen LogP contribution in [0, 0.1) is 0 Å². The van der Waals surface area contributed by atoms with E-state index in [9.17, 15) is 4.79 Å². The first-order valence-electron chi connectivity index (χ1n) is 11.6. The Morgan fingerprint density at radius 3 is 2.54 bits per heavy atom. The van der Waals surface area contributed by atoms with Gasteiger partial charge >= 0.3 is 0 Å². The number of amides is 1. The number of methoxy groups -OCH3 is 1. The van der Waals surface area contributed by atoms with E-state index in [0.29, 0.717) is 12.3 Å². The van der Waals surface area contributed by atoms with E-state index >= 15 is 0 Å². The number of imidazole rings is 1. The molecular formula is C29H22N4O2. The van der Waals surface area contributed by atoms with Crippen LogP contribution in [0.5, 0.6) is 5.75 Å². The quantitative estimate of drug-likeness (QED) is 0.394. The van der Waals surface area contributed by atoms with Gasteiger partial charge in [0.25, 0.3) is 5.91 Å². The predicted octanol–water partition coefficient (Wildman–Crippen LogP) is 5.39. The van der Waals surface area contributed by atoms with Crippen LogP contribution in [-0.2, 0) is 17.0 Å². The average Bonchev–Trinajstić information content (AvgIpc) is 3.43. The first-order chi connectivity index (χ1) is 17.2. The summed E-state index contributed by atoms with van der Waals surface area (Å²) in [4.78, 5) is 21.5. The van der Waals surface area contributed by atoms with Crippen molar-refractivity contribution in [2.45, 2.75) is 12.2 Å². The van der Waals surface area contributed by atoms with Gasteiger partial charge in [-0.25, -0.2) is 4.98 Å². The number of para-hydroxylation sites is 3. The maximum absolute atomic E-state index is 14.3. The number of benzene rings is 4. The van der Waals surface area contributed by atoms with Gasteiger partial charge < -0.3 is 15.0 Å². The number of aromatic nitrogens is 2. The summed E-state index contributed by atoms with van der Waals surface area (Å²) in [5, 5.41) is 3.17. The Hall–Kier alpha value is -4.58. The molecule has 1 atom stereocenters. The van der Waals surface area contributed by atoms with Crippen LogP contribution in [0.4, 0.5) is 11.4 Å². The number of hydrogen-bond acceptors (Lipinski definition) is 4. The van der Waals surface area contributed by atoms with Crippen LogP contribution in [0.25, 0.3) is 22.4 Å². The summed E-state index contributed by atoms with van der Waals surface area (Å²) in [7, 11) is 1.65. The van der Waals surface area contributed by atoms with Crippen molar-refractivity contribution in [2.24, 2.45) is 0 Å². The summed E-state index contributed by atoms with van der Waals surface area (Å²) in [5.74, 6) is 1.36. The lowest BCUT2D eigenvalue weighted by Crippen LogP contribution is -2.58. The molecule has 1 N–H and O–H groups in total. The van der Waals surface area contributed by atoms with Crippen molar-refractivity contribution in [3.63, 3.8) is 0 Å². The first kappa shape index (κ1) is 19.9. The molecule has 0 fully saturated rings. The Morgan fingerprint density at radius 1 is 0.914 bits per heavy atom. The Labute approximate surface area is 202 Å². The zero-order valence-corrected chi connectivity index (χ0v) is 19.1. The van der Waals surface area contributed by atoms with Gasteiger partial charge in [-0.3, -0.25) is 9.36 Å². The fourth-order valence-electron chi connectivity index (χ4n) is 5.56. The van der Waals surface area contributed by atoms with Crippen LogP contribution in [0.2, 0.25) is 0 Å². The zero-order valence-electron chi connectivity index (χ0n) is 19.1. The molecule has 170 valence electrons. The highest BCUT2D eigenvalue weighted by atomic mass is 16.5. The standard InChI is InChI=1S/C29H22N4O2/c1-35-20-15-16-23-22(17-20)29(28(34)31-23)32(18-19-9-3-2-4-10-19)25-13-7-5-11-21(25)27-30-24-12-6-8-14-26(24)33(27)29/h2-17H,18H2,1H3,(H,31,34)/t29-/m0/s1. The topological polar surface area (TPSA) is 59.4 Å². The van der Waals surface area contributed by atoms with Crippen LogP contribution in [0.1, 0.15) is 11.1 Å². The SMILES string of the molecule is COc1ccc2c(c1)[C@]1(C(=O)N2)N(Cc2ccccc2)c2ccccc2-c2nc3ccccc3n21. The number of rotatable bonds is 3. The molecule has 6 nitrogen and oxygen atoms in total. The van der Waals surface area contributed by atoms with Crippen molar-refractivity contribution < 1.29 is 9.53 Å². The van der Waals surface area contributed by atoms with Crippen LogP contribution in [0.3, 0.4) is 0 Å². The number of fused-ring (bicyclic) bond motifs is 8. The second-order valence-electron chi connectivity index (χ2n) is 8.89. The van der Waals surface area contributed by atoms with Gasteiger partial charge in [0.05, 0.1) is 23.8 Å². The predicted molar refractivity (Wildman–Crippen MR) is 136 cm³/mol. The first-order valence-corrected chi connectivity index (χ1v) is 11.6. The molecule has 2 aliphatic heterocycles. The van der Waals surface area contributed by atoms with Crippen LogP contribution >= 0.6 is 0 Å². The summed E-state index contributed by atoms with van der Waals surface area (Å²) in [6.45, 7) is 0.536. The number of hydrogen-bond donors (Lipinski definition) is 1. The number of nitrogens with one attached hydrogen (secondary N) is 1. The Balaban J connectivity index is 1.63. The zero-order chi connectivity index (χ0) is 23.6. The van der Waals surface area contributed by atoms with E-state index in [1.165, 1.54) is 0 Å². The summed E-state index contributed by atoms with van der Waals surface area (Å²) < 4.78 is 7.71. The molecule has 2 aliphatic rings. The van der Waals surface area contributed by atoms with Gasteiger partial charge in [-0.2, -0.15) is 0 Å². The van der Waals surface area contributed by atoms with Gasteiger partial charge in [-0.15, -0.1) is 0 Å². The molecule has 1 aromatic heterocycles. The van der Waals surface area contributed by atoms with Gasteiger partial charge in [0.1, 0.15) is 11.6 Å². The number of anilines is 2. The fourth-order valence-corrected chi connectivity index (χ4v) is 5.56. The third kappa shape index (κ3) is 2.59. The number of ether oxygens (including phenoxy) is 1. The normalized spacial score (nSPS) is 17.7. The van der Waals surface area contributed by atoms with Gasteiger partial charge in [-0.05, 0) is 48.0 Å². The van der Waals surface area contributed by atoms with E-state index in [2.05, 4.69) is 39.0 Å². The van der Waals surface area contributed by atoms with Crippen LogP contribution in [0.15, 0.2) is 97.1 Å². The smallest absolute Gasteiger partial charge is 0.276 e. The van der Waals surface area contributed by atoms with Gasteiger partial charge in [0, 0.05) is 23.4 Å². The van der Waals surface area contributed by atoms with Crippen molar-refractivity contribution in [1.82, 2.24) is 9.55 Å². The molecule has 7 rings (SSSR count). The Bertz CT molecular complexity index is 1620. The third-order valence-corrected chi connectivity index (χ3v) is 7.06. The lowest BCUT2D eigenvalue weighted by Gasteiger charge is -2.46. The van der Waals surface area contributed by atoms with E-state index in [-0.39, 0.29) is 5.91 Å². The van der Waals surface area contributed by atoms with Crippen LogP contribution < -0.4 is 15.0 Å². The molecule has 6 heteroatoms. The molecule has 1 spiro atoms. The van der Waals surface area contributed by atoms with Crippen molar-refractivity contribution in [1.29, 1.82) is 0 Å². The monoisotopic (exact) mass is 458 g/mol. The molecule has 35 heavy (non-hydrogen) atoms. The molecule has 0 aliphatic carbocycles. The number of carbonyl (C=O) groups is 1. The van der Waals surface area contributed by atoms with Crippen molar-refractivity contribution in [2.75, 3.05) is 17.3 Å². The van der Waals surface area contributed by atoms with Crippen molar-refractivity contribution in [3.8, 4) is 17.1 Å². The minimum Gasteiger partial charge on any atom is -0.497 e. The molecule has 5 aromatic rings. The second-order valence-corrected chi connectivity index (χ2v) is 8.89. The van der Waals surface area contributed by atoms with Gasteiger partial charge in [0.15, 0.2) is 0 Å². The van der Waals surface area contributed by atoms with E-state index in [0.717, 1.165) is 44.9 Å². The minimum absolute atomic E-state index is 0.115. The maximum Gasteiger partial charge on any atom is 0.276 e.